The van der Waals surface area contributed by atoms with Crippen LogP contribution in [-0.4, -0.2) is 23.7 Å². The third-order valence-corrected chi connectivity index (χ3v) is 4.45. The standard InChI is InChI=1S/C12H10O2.C9H12O.C7H5F3O2/c13-10-6-8-12(9-7-10)14-11-4-2-1-3-5-11;1-3-8-4-6-9(10-2)7-5-8;8-7(9,10)12-6-3-1-5(11)2-4-6/h1-9,13H;4-7H,3H2,1-2H3;1-4,11H. The Hall–Kier alpha value is -4.33. The van der Waals surface area contributed by atoms with Gasteiger partial charge in [-0.15, -0.1) is 13.2 Å². The van der Waals surface area contributed by atoms with Crippen molar-refractivity contribution in [3.63, 3.8) is 0 Å². The number of methoxy groups -OCH3 is 1. The summed E-state index contributed by atoms with van der Waals surface area (Å²) in [5, 5.41) is 17.8. The minimum absolute atomic E-state index is 0.107. The number of aryl methyl sites for hydroxylation is 1. The fourth-order valence-electron chi connectivity index (χ4n) is 2.65. The van der Waals surface area contributed by atoms with Crippen molar-refractivity contribution in [1.29, 1.82) is 0 Å². The number of phenols is 2. The molecule has 4 aromatic carbocycles. The topological polar surface area (TPSA) is 68.2 Å². The molecule has 0 aromatic heterocycles. The van der Waals surface area contributed by atoms with Crippen LogP contribution < -0.4 is 14.2 Å². The van der Waals surface area contributed by atoms with Gasteiger partial charge in [0.2, 0.25) is 0 Å². The van der Waals surface area contributed by atoms with Crippen molar-refractivity contribution >= 4 is 0 Å². The second kappa shape index (κ2) is 14.2. The van der Waals surface area contributed by atoms with Gasteiger partial charge in [0.25, 0.3) is 0 Å². The smallest absolute Gasteiger partial charge is 0.508 e. The van der Waals surface area contributed by atoms with Crippen molar-refractivity contribution in [3.8, 4) is 34.5 Å². The summed E-state index contributed by atoms with van der Waals surface area (Å²) in [7, 11) is 1.68. The minimum atomic E-state index is -4.68. The number of para-hydroxylation sites is 1. The molecule has 0 bridgehead atoms. The molecule has 0 amide bonds. The lowest BCUT2D eigenvalue weighted by atomic mass is 10.2. The third-order valence-electron chi connectivity index (χ3n) is 4.45. The van der Waals surface area contributed by atoms with Crippen LogP contribution in [0.25, 0.3) is 0 Å². The lowest BCUT2D eigenvalue weighted by molar-refractivity contribution is -0.274. The quantitative estimate of drug-likeness (QED) is 0.293. The van der Waals surface area contributed by atoms with E-state index < -0.39 is 6.36 Å². The van der Waals surface area contributed by atoms with E-state index in [-0.39, 0.29) is 17.2 Å². The van der Waals surface area contributed by atoms with Gasteiger partial charge in [-0.05, 0) is 84.8 Å². The van der Waals surface area contributed by atoms with Crippen molar-refractivity contribution < 1.29 is 37.6 Å². The first kappa shape index (κ1) is 27.9. The molecule has 0 heterocycles. The third kappa shape index (κ3) is 11.2. The summed E-state index contributed by atoms with van der Waals surface area (Å²) in [6, 6.07) is 28.6. The summed E-state index contributed by atoms with van der Waals surface area (Å²) in [6.45, 7) is 2.14. The maximum atomic E-state index is 11.6. The van der Waals surface area contributed by atoms with Gasteiger partial charge >= 0.3 is 6.36 Å². The Morgan fingerprint density at radius 3 is 1.50 bits per heavy atom. The molecule has 0 aliphatic carbocycles. The van der Waals surface area contributed by atoms with E-state index in [1.807, 2.05) is 42.5 Å². The molecule has 2 N–H and O–H groups in total. The van der Waals surface area contributed by atoms with Crippen LogP contribution in [0.5, 0.6) is 34.5 Å². The highest BCUT2D eigenvalue weighted by Crippen LogP contribution is 2.24. The van der Waals surface area contributed by atoms with Crippen molar-refractivity contribution in [2.75, 3.05) is 7.11 Å². The first-order valence-electron chi connectivity index (χ1n) is 10.9. The van der Waals surface area contributed by atoms with Gasteiger partial charge in [-0.25, -0.2) is 0 Å². The normalized spacial score (nSPS) is 10.1. The molecule has 0 spiro atoms. The zero-order chi connectivity index (χ0) is 26.4. The molecule has 0 saturated heterocycles. The highest BCUT2D eigenvalue weighted by atomic mass is 19.4. The summed E-state index contributed by atoms with van der Waals surface area (Å²) in [5.74, 6) is 2.22. The molecule has 36 heavy (non-hydrogen) atoms. The number of hydrogen-bond acceptors (Lipinski definition) is 5. The lowest BCUT2D eigenvalue weighted by Gasteiger charge is -2.07. The van der Waals surface area contributed by atoms with E-state index in [9.17, 15) is 13.2 Å². The molecular formula is C28H27F3O5. The second-order valence-electron chi connectivity index (χ2n) is 7.15. The molecule has 0 aliphatic rings. The molecule has 190 valence electrons. The Kier molecular flexibility index (Phi) is 11.0. The highest BCUT2D eigenvalue weighted by molar-refractivity contribution is 5.34. The molecule has 0 fully saturated rings. The van der Waals surface area contributed by atoms with Crippen LogP contribution in [0.1, 0.15) is 12.5 Å². The summed E-state index contributed by atoms with van der Waals surface area (Å²) < 4.78 is 48.8. The van der Waals surface area contributed by atoms with E-state index in [1.165, 1.54) is 5.56 Å². The number of rotatable bonds is 5. The first-order chi connectivity index (χ1) is 17.2. The zero-order valence-electron chi connectivity index (χ0n) is 19.8. The van der Waals surface area contributed by atoms with Crippen LogP contribution >= 0.6 is 0 Å². The fourth-order valence-corrected chi connectivity index (χ4v) is 2.65. The Morgan fingerprint density at radius 2 is 1.06 bits per heavy atom. The first-order valence-corrected chi connectivity index (χ1v) is 10.9. The van der Waals surface area contributed by atoms with Crippen molar-refractivity contribution in [2.45, 2.75) is 19.7 Å². The Bertz CT molecular complexity index is 1110. The molecule has 8 heteroatoms. The Balaban J connectivity index is 0.000000193. The number of alkyl halides is 3. The fraction of sp³-hybridized carbons (Fsp3) is 0.143. The molecule has 4 aromatic rings. The van der Waals surface area contributed by atoms with E-state index in [4.69, 9.17) is 19.7 Å². The van der Waals surface area contributed by atoms with Crippen molar-refractivity contribution in [3.05, 3.63) is 109 Å². The molecule has 0 saturated carbocycles. The van der Waals surface area contributed by atoms with E-state index in [0.29, 0.717) is 5.75 Å². The van der Waals surface area contributed by atoms with E-state index in [1.54, 1.807) is 31.4 Å². The largest absolute Gasteiger partial charge is 0.573 e. The maximum absolute atomic E-state index is 11.6. The SMILES string of the molecule is CCc1ccc(OC)cc1.Oc1ccc(OC(F)(F)F)cc1.Oc1ccc(Oc2ccccc2)cc1. The number of benzene rings is 4. The Labute approximate surface area is 207 Å². The van der Waals surface area contributed by atoms with Gasteiger partial charge in [-0.3, -0.25) is 0 Å². The lowest BCUT2D eigenvalue weighted by Crippen LogP contribution is -2.16. The maximum Gasteiger partial charge on any atom is 0.573 e. The van der Waals surface area contributed by atoms with Gasteiger partial charge in [0.15, 0.2) is 0 Å². The van der Waals surface area contributed by atoms with Crippen LogP contribution in [0.3, 0.4) is 0 Å². The summed E-state index contributed by atoms with van der Waals surface area (Å²) >= 11 is 0. The average molecular weight is 501 g/mol. The van der Waals surface area contributed by atoms with Crippen LogP contribution in [0.4, 0.5) is 13.2 Å². The number of halogens is 3. The number of ether oxygens (including phenoxy) is 3. The van der Waals surface area contributed by atoms with Crippen molar-refractivity contribution in [1.82, 2.24) is 0 Å². The number of phenolic OH excluding ortho intramolecular Hbond substituents is 2. The molecule has 0 aliphatic heterocycles. The van der Waals surface area contributed by atoms with E-state index in [0.717, 1.165) is 42.2 Å². The van der Waals surface area contributed by atoms with Gasteiger partial charge in [-0.1, -0.05) is 37.3 Å². The Morgan fingerprint density at radius 1 is 0.611 bits per heavy atom. The van der Waals surface area contributed by atoms with Gasteiger partial charge < -0.3 is 24.4 Å². The zero-order valence-corrected chi connectivity index (χ0v) is 19.8. The van der Waals surface area contributed by atoms with Gasteiger partial charge in [0.05, 0.1) is 7.11 Å². The predicted octanol–water partition coefficient (Wildman–Crippen LogP) is 7.73. The molecule has 0 radical (unpaired) electrons. The van der Waals surface area contributed by atoms with Gasteiger partial charge in [0.1, 0.15) is 34.5 Å². The average Bonchev–Trinajstić information content (AvgIpc) is 2.87. The van der Waals surface area contributed by atoms with Crippen molar-refractivity contribution in [2.24, 2.45) is 0 Å². The minimum Gasteiger partial charge on any atom is -0.508 e. The molecule has 5 nitrogen and oxygen atoms in total. The summed E-state index contributed by atoms with van der Waals surface area (Å²) in [4.78, 5) is 0. The second-order valence-corrected chi connectivity index (χ2v) is 7.15. The molecule has 0 atom stereocenters. The highest BCUT2D eigenvalue weighted by Gasteiger charge is 2.30. The van der Waals surface area contributed by atoms with Crippen LogP contribution in [0.2, 0.25) is 0 Å². The van der Waals surface area contributed by atoms with E-state index >= 15 is 0 Å². The van der Waals surface area contributed by atoms with Gasteiger partial charge in [0, 0.05) is 0 Å². The number of aromatic hydroxyl groups is 2. The molecule has 0 unspecified atom stereocenters. The van der Waals surface area contributed by atoms with Crippen LogP contribution in [0.15, 0.2) is 103 Å². The van der Waals surface area contributed by atoms with Gasteiger partial charge in [-0.2, -0.15) is 0 Å². The van der Waals surface area contributed by atoms with Crippen LogP contribution in [0, 0.1) is 0 Å². The molecular weight excluding hydrogens is 473 g/mol. The van der Waals surface area contributed by atoms with Crippen LogP contribution in [-0.2, 0) is 6.42 Å². The predicted molar refractivity (Wildman–Crippen MR) is 132 cm³/mol. The monoisotopic (exact) mass is 500 g/mol. The number of hydrogen-bond donors (Lipinski definition) is 2. The summed E-state index contributed by atoms with van der Waals surface area (Å²) in [6.07, 6.45) is -3.60. The summed E-state index contributed by atoms with van der Waals surface area (Å²) in [5.41, 5.74) is 1.35. The van der Waals surface area contributed by atoms with E-state index in [2.05, 4.69) is 23.8 Å². The molecule has 4 rings (SSSR count).